The van der Waals surface area contributed by atoms with E-state index in [9.17, 15) is 4.39 Å². The quantitative estimate of drug-likeness (QED) is 0.848. The number of rotatable bonds is 5. The molecule has 2 rings (SSSR count). The summed E-state index contributed by atoms with van der Waals surface area (Å²) in [4.78, 5) is 2.42. The van der Waals surface area contributed by atoms with E-state index in [-0.39, 0.29) is 12.4 Å². The fourth-order valence-electron chi connectivity index (χ4n) is 2.63. The first-order chi connectivity index (χ1) is 8.29. The molecule has 0 radical (unpaired) electrons. The molecular formula is C14H20FNO. The fourth-order valence-corrected chi connectivity index (χ4v) is 2.63. The third kappa shape index (κ3) is 3.51. The molecular weight excluding hydrogens is 217 g/mol. The first-order valence-electron chi connectivity index (χ1n) is 6.39. The van der Waals surface area contributed by atoms with Crippen molar-refractivity contribution in [3.8, 4) is 0 Å². The van der Waals surface area contributed by atoms with Gasteiger partial charge in [-0.1, -0.05) is 12.1 Å². The normalized spacial score (nSPS) is 20.9. The number of aliphatic hydroxyl groups excluding tert-OH is 1. The smallest absolute Gasteiger partial charge is 0.123 e. The van der Waals surface area contributed by atoms with Crippen molar-refractivity contribution in [1.82, 2.24) is 4.90 Å². The highest BCUT2D eigenvalue weighted by molar-refractivity contribution is 5.17. The largest absolute Gasteiger partial charge is 0.396 e. The summed E-state index contributed by atoms with van der Waals surface area (Å²) in [7, 11) is 0. The summed E-state index contributed by atoms with van der Waals surface area (Å²) in [6.45, 7) is 2.32. The second kappa shape index (κ2) is 6.12. The van der Waals surface area contributed by atoms with Gasteiger partial charge in [0.1, 0.15) is 5.82 Å². The van der Waals surface area contributed by atoms with Crippen LogP contribution >= 0.6 is 0 Å². The van der Waals surface area contributed by atoms with Crippen LogP contribution in [-0.4, -0.2) is 35.7 Å². The highest BCUT2D eigenvalue weighted by Crippen LogP contribution is 2.21. The summed E-state index contributed by atoms with van der Waals surface area (Å²) in [5.41, 5.74) is 1.07. The Morgan fingerprint density at radius 1 is 1.41 bits per heavy atom. The fraction of sp³-hybridized carbons (Fsp3) is 0.571. The van der Waals surface area contributed by atoms with Crippen LogP contribution in [0.15, 0.2) is 24.3 Å². The van der Waals surface area contributed by atoms with Crippen molar-refractivity contribution in [3.63, 3.8) is 0 Å². The molecule has 1 atom stereocenters. The molecule has 0 aliphatic carbocycles. The Kier molecular flexibility index (Phi) is 4.51. The first-order valence-corrected chi connectivity index (χ1v) is 6.39. The Balaban J connectivity index is 1.93. The Morgan fingerprint density at radius 2 is 2.29 bits per heavy atom. The van der Waals surface area contributed by atoms with Gasteiger partial charge in [-0.3, -0.25) is 4.90 Å². The van der Waals surface area contributed by atoms with Crippen molar-refractivity contribution in [2.75, 3.05) is 19.7 Å². The van der Waals surface area contributed by atoms with Crippen LogP contribution in [0.25, 0.3) is 0 Å². The summed E-state index contributed by atoms with van der Waals surface area (Å²) < 4.78 is 13.1. The van der Waals surface area contributed by atoms with Gasteiger partial charge in [0, 0.05) is 19.2 Å². The molecule has 17 heavy (non-hydrogen) atoms. The molecule has 3 heteroatoms. The molecule has 0 aromatic heterocycles. The van der Waals surface area contributed by atoms with Crippen LogP contribution in [-0.2, 0) is 6.42 Å². The Labute approximate surface area is 102 Å². The molecule has 1 heterocycles. The molecule has 1 aromatic rings. The van der Waals surface area contributed by atoms with Gasteiger partial charge in [0.2, 0.25) is 0 Å². The van der Waals surface area contributed by atoms with E-state index < -0.39 is 0 Å². The Morgan fingerprint density at radius 3 is 3.06 bits per heavy atom. The first kappa shape index (κ1) is 12.5. The number of halogens is 1. The molecule has 0 spiro atoms. The average molecular weight is 237 g/mol. The van der Waals surface area contributed by atoms with Crippen molar-refractivity contribution < 1.29 is 9.50 Å². The third-order valence-electron chi connectivity index (χ3n) is 3.46. The van der Waals surface area contributed by atoms with Crippen molar-refractivity contribution in [3.05, 3.63) is 35.6 Å². The van der Waals surface area contributed by atoms with Crippen LogP contribution in [0.3, 0.4) is 0 Å². The molecule has 1 aliphatic heterocycles. The van der Waals surface area contributed by atoms with E-state index in [1.807, 2.05) is 6.07 Å². The lowest BCUT2D eigenvalue weighted by Gasteiger charge is -2.24. The lowest BCUT2D eigenvalue weighted by Crippen LogP contribution is -2.32. The molecule has 0 saturated carbocycles. The molecule has 1 aromatic carbocycles. The zero-order valence-electron chi connectivity index (χ0n) is 10.1. The minimum Gasteiger partial charge on any atom is -0.396 e. The van der Waals surface area contributed by atoms with Gasteiger partial charge in [-0.25, -0.2) is 4.39 Å². The summed E-state index contributed by atoms with van der Waals surface area (Å²) >= 11 is 0. The molecule has 1 unspecified atom stereocenters. The summed E-state index contributed by atoms with van der Waals surface area (Å²) in [6.07, 6.45) is 4.15. The van der Waals surface area contributed by atoms with Crippen LogP contribution < -0.4 is 0 Å². The van der Waals surface area contributed by atoms with E-state index in [0.717, 1.165) is 31.5 Å². The second-order valence-electron chi connectivity index (χ2n) is 4.74. The summed E-state index contributed by atoms with van der Waals surface area (Å²) in [6, 6.07) is 7.40. The van der Waals surface area contributed by atoms with Crippen molar-refractivity contribution >= 4 is 0 Å². The third-order valence-corrected chi connectivity index (χ3v) is 3.46. The summed E-state index contributed by atoms with van der Waals surface area (Å²) in [5, 5.41) is 8.86. The van der Waals surface area contributed by atoms with Crippen molar-refractivity contribution in [2.45, 2.75) is 31.7 Å². The van der Waals surface area contributed by atoms with E-state index in [1.165, 1.54) is 18.9 Å². The molecule has 1 N–H and O–H groups in total. The van der Waals surface area contributed by atoms with E-state index >= 15 is 0 Å². The van der Waals surface area contributed by atoms with Gasteiger partial charge >= 0.3 is 0 Å². The van der Waals surface area contributed by atoms with Gasteiger partial charge < -0.3 is 5.11 Å². The maximum Gasteiger partial charge on any atom is 0.123 e. The number of hydrogen-bond donors (Lipinski definition) is 1. The highest BCUT2D eigenvalue weighted by Gasteiger charge is 2.23. The van der Waals surface area contributed by atoms with Gasteiger partial charge in [-0.15, -0.1) is 0 Å². The standard InChI is InChI=1S/C14H20FNO/c15-13-5-1-4-12(10-13)11-14-6-2-7-16(14)8-3-9-17/h1,4-5,10,14,17H,2-3,6-9,11H2. The molecule has 2 nitrogen and oxygen atoms in total. The van der Waals surface area contributed by atoms with Gasteiger partial charge in [-0.05, 0) is 49.9 Å². The van der Waals surface area contributed by atoms with E-state index in [2.05, 4.69) is 4.90 Å². The number of hydrogen-bond acceptors (Lipinski definition) is 2. The zero-order chi connectivity index (χ0) is 12.1. The SMILES string of the molecule is OCCCN1CCCC1Cc1cccc(F)c1. The summed E-state index contributed by atoms with van der Waals surface area (Å²) in [5.74, 6) is -0.151. The number of aliphatic hydroxyl groups is 1. The van der Waals surface area contributed by atoms with Crippen LogP contribution in [0.1, 0.15) is 24.8 Å². The monoisotopic (exact) mass is 237 g/mol. The van der Waals surface area contributed by atoms with Crippen LogP contribution in [0, 0.1) is 5.82 Å². The topological polar surface area (TPSA) is 23.5 Å². The zero-order valence-corrected chi connectivity index (χ0v) is 10.1. The van der Waals surface area contributed by atoms with Gasteiger partial charge in [0.05, 0.1) is 0 Å². The molecule has 1 fully saturated rings. The molecule has 0 amide bonds. The maximum absolute atomic E-state index is 13.1. The highest BCUT2D eigenvalue weighted by atomic mass is 19.1. The molecule has 1 saturated heterocycles. The van der Waals surface area contributed by atoms with Gasteiger partial charge in [0.25, 0.3) is 0 Å². The second-order valence-corrected chi connectivity index (χ2v) is 4.74. The van der Waals surface area contributed by atoms with Crippen LogP contribution in [0.2, 0.25) is 0 Å². The number of nitrogens with zero attached hydrogens (tertiary/aromatic N) is 1. The van der Waals surface area contributed by atoms with Crippen molar-refractivity contribution in [1.29, 1.82) is 0 Å². The number of likely N-dealkylation sites (tertiary alicyclic amines) is 1. The Hall–Kier alpha value is -0.930. The number of benzene rings is 1. The molecule has 94 valence electrons. The van der Waals surface area contributed by atoms with Crippen LogP contribution in [0.5, 0.6) is 0 Å². The van der Waals surface area contributed by atoms with E-state index in [0.29, 0.717) is 6.04 Å². The lowest BCUT2D eigenvalue weighted by atomic mass is 10.0. The average Bonchev–Trinajstić information content (AvgIpc) is 2.74. The predicted octanol–water partition coefficient (Wildman–Crippen LogP) is 2.21. The predicted molar refractivity (Wildman–Crippen MR) is 66.4 cm³/mol. The van der Waals surface area contributed by atoms with Gasteiger partial charge in [-0.2, -0.15) is 0 Å². The van der Waals surface area contributed by atoms with E-state index in [1.54, 1.807) is 12.1 Å². The lowest BCUT2D eigenvalue weighted by molar-refractivity contribution is 0.212. The molecule has 1 aliphatic rings. The van der Waals surface area contributed by atoms with Crippen LogP contribution in [0.4, 0.5) is 4.39 Å². The maximum atomic E-state index is 13.1. The molecule has 0 bridgehead atoms. The minimum atomic E-state index is -0.151. The van der Waals surface area contributed by atoms with Gasteiger partial charge in [0.15, 0.2) is 0 Å². The minimum absolute atomic E-state index is 0.151. The Bertz CT molecular complexity index is 356. The van der Waals surface area contributed by atoms with E-state index in [4.69, 9.17) is 5.11 Å². The van der Waals surface area contributed by atoms with Crippen molar-refractivity contribution in [2.24, 2.45) is 0 Å².